The lowest BCUT2D eigenvalue weighted by Crippen LogP contribution is -2.34. The number of allylic oxidation sites excluding steroid dienone is 3. The fourth-order valence-corrected chi connectivity index (χ4v) is 6.52. The van der Waals surface area contributed by atoms with Gasteiger partial charge in [0.1, 0.15) is 11.6 Å². The minimum atomic E-state index is -0.146. The molecule has 5 nitrogen and oxygen atoms in total. The number of carbonyl (C=O) groups excluding carboxylic acids is 1. The number of nitrogens with zero attached hydrogens (tertiary/aromatic N) is 4. The van der Waals surface area contributed by atoms with Crippen LogP contribution in [0, 0.1) is 5.92 Å². The van der Waals surface area contributed by atoms with Crippen molar-refractivity contribution >= 4 is 72.0 Å². The normalized spacial score (nSPS) is 19.0. The van der Waals surface area contributed by atoms with Crippen molar-refractivity contribution in [2.75, 3.05) is 11.4 Å². The summed E-state index contributed by atoms with van der Waals surface area (Å²) in [5.41, 5.74) is 6.57. The molecule has 0 amide bonds. The van der Waals surface area contributed by atoms with E-state index in [0.717, 1.165) is 72.6 Å². The zero-order chi connectivity index (χ0) is 25.0. The van der Waals surface area contributed by atoms with Crippen LogP contribution in [0.4, 0.5) is 10.2 Å². The minimum absolute atomic E-state index is 0.0418. The minimum Gasteiger partial charge on any atom is -0.353 e. The maximum Gasteiger partial charge on any atom is 0.222 e. The van der Waals surface area contributed by atoms with Crippen LogP contribution in [0.5, 0.6) is 0 Å². The second kappa shape index (κ2) is 9.98. The summed E-state index contributed by atoms with van der Waals surface area (Å²) in [6, 6.07) is 5.95. The molecule has 9 heteroatoms. The highest BCUT2D eigenvalue weighted by atomic mass is 127. The van der Waals surface area contributed by atoms with Gasteiger partial charge in [0.2, 0.25) is 3.79 Å². The zero-order valence-corrected chi connectivity index (χ0v) is 24.6. The first-order valence-corrected chi connectivity index (χ1v) is 15.2. The van der Waals surface area contributed by atoms with E-state index in [0.29, 0.717) is 27.5 Å². The molecule has 0 spiro atoms. The molecule has 0 bridgehead atoms. The second-order valence-electron chi connectivity index (χ2n) is 9.70. The van der Waals surface area contributed by atoms with E-state index in [9.17, 15) is 9.18 Å². The van der Waals surface area contributed by atoms with Gasteiger partial charge in [0.25, 0.3) is 0 Å². The van der Waals surface area contributed by atoms with Gasteiger partial charge in [0.15, 0.2) is 5.65 Å². The number of aromatic nitrogens is 3. The largest absolute Gasteiger partial charge is 0.353 e. The fourth-order valence-electron chi connectivity index (χ4n) is 5.38. The average Bonchev–Trinajstić information content (AvgIpc) is 3.49. The molecule has 3 aliphatic carbocycles. The van der Waals surface area contributed by atoms with E-state index in [4.69, 9.17) is 21.7 Å². The van der Waals surface area contributed by atoms with Crippen LogP contribution >= 0.6 is 56.8 Å². The first kappa shape index (κ1) is 24.8. The number of hydrogen-bond donors (Lipinski definition) is 0. The Labute approximate surface area is 241 Å². The Morgan fingerprint density at radius 2 is 2.11 bits per heavy atom. The van der Waals surface area contributed by atoms with Gasteiger partial charge in [-0.25, -0.2) is 9.37 Å². The van der Waals surface area contributed by atoms with Gasteiger partial charge in [0, 0.05) is 67.0 Å². The molecular weight excluding hydrogens is 705 g/mol. The Bertz CT molecular complexity index is 1450. The lowest BCUT2D eigenvalue weighted by molar-refractivity contribution is 0.110. The average molecular weight is 729 g/mol. The first-order valence-electron chi connectivity index (χ1n) is 12.2. The topological polar surface area (TPSA) is 50.5 Å². The number of hydrogen-bond acceptors (Lipinski definition) is 4. The Hall–Kier alpha value is -1.53. The van der Waals surface area contributed by atoms with Crippen LogP contribution in [0.1, 0.15) is 53.0 Å². The predicted octanol–water partition coefficient (Wildman–Crippen LogP) is 7.45. The van der Waals surface area contributed by atoms with E-state index in [1.54, 1.807) is 40.8 Å². The van der Waals surface area contributed by atoms with Gasteiger partial charge in [-0.05, 0) is 68.7 Å². The maximum absolute atomic E-state index is 13.6. The van der Waals surface area contributed by atoms with Gasteiger partial charge in [-0.3, -0.25) is 4.79 Å². The maximum atomic E-state index is 13.6. The van der Waals surface area contributed by atoms with Crippen molar-refractivity contribution in [3.8, 4) is 11.1 Å². The van der Waals surface area contributed by atoms with E-state index in [2.05, 4.69) is 27.5 Å². The van der Waals surface area contributed by atoms with Gasteiger partial charge in [-0.2, -0.15) is 9.61 Å². The summed E-state index contributed by atoms with van der Waals surface area (Å²) in [6.45, 7) is 0.832. The van der Waals surface area contributed by atoms with Crippen molar-refractivity contribution in [3.05, 3.63) is 69.8 Å². The molecule has 3 aliphatic rings. The third-order valence-corrected chi connectivity index (χ3v) is 8.92. The van der Waals surface area contributed by atoms with Crippen molar-refractivity contribution < 1.29 is 9.18 Å². The quantitative estimate of drug-likeness (QED) is 0.144. The van der Waals surface area contributed by atoms with Crippen molar-refractivity contribution in [1.29, 1.82) is 0 Å². The molecule has 0 saturated heterocycles. The summed E-state index contributed by atoms with van der Waals surface area (Å²) in [4.78, 5) is 19.6. The highest BCUT2D eigenvalue weighted by Crippen LogP contribution is 2.42. The summed E-state index contributed by atoms with van der Waals surface area (Å²) in [5, 5.41) is 5.64. The van der Waals surface area contributed by atoms with Crippen LogP contribution in [-0.4, -0.2) is 31.0 Å². The molecule has 3 aromatic rings. The van der Waals surface area contributed by atoms with E-state index in [1.807, 2.05) is 22.7 Å². The van der Waals surface area contributed by atoms with E-state index in [1.165, 1.54) is 5.56 Å². The van der Waals surface area contributed by atoms with Gasteiger partial charge in [-0.15, -0.1) is 0 Å². The van der Waals surface area contributed by atoms with Crippen LogP contribution in [0.15, 0.2) is 42.3 Å². The molecule has 0 N–H and O–H groups in total. The molecule has 2 aromatic heterocycles. The molecule has 36 heavy (non-hydrogen) atoms. The van der Waals surface area contributed by atoms with Crippen molar-refractivity contribution in [1.82, 2.24) is 14.6 Å². The summed E-state index contributed by atoms with van der Waals surface area (Å²) >= 11 is 10.9. The summed E-state index contributed by atoms with van der Waals surface area (Å²) in [7, 11) is 0. The highest BCUT2D eigenvalue weighted by molar-refractivity contribution is 14.1. The smallest absolute Gasteiger partial charge is 0.222 e. The number of halogens is 4. The third-order valence-electron chi connectivity index (χ3n) is 7.26. The number of fused-ring (bicyclic) bond motifs is 2. The standard InChI is InChI=1S/C27H24ClFI2N4O/c28-21-12-16(25(31)36)6-11-19(21)24-23(13-30)33-35-26(24)32-22-3-1-2-20(22)27(35)34(18-9-10-18)14-15-4-7-17(29)8-5-15/h4,6-8,11-12,15,18H,1-3,5,9-10,13-14H2. The molecule has 1 fully saturated rings. The van der Waals surface area contributed by atoms with Gasteiger partial charge >= 0.3 is 0 Å². The van der Waals surface area contributed by atoms with Gasteiger partial charge < -0.3 is 4.90 Å². The first-order chi connectivity index (χ1) is 17.4. The Kier molecular flexibility index (Phi) is 6.87. The van der Waals surface area contributed by atoms with Crippen LogP contribution in [0.2, 0.25) is 5.02 Å². The highest BCUT2D eigenvalue weighted by Gasteiger charge is 2.36. The fraction of sp³-hybridized carbons (Fsp3) is 0.370. The SMILES string of the molecule is O=C(I)c1ccc(-c2c(CI)nn3c(N(CC4C=CC(F)=CC4)C4CC4)c4c(nc23)CCC4)c(Cl)c1. The van der Waals surface area contributed by atoms with Crippen molar-refractivity contribution in [2.45, 2.75) is 49.0 Å². The van der Waals surface area contributed by atoms with Crippen molar-refractivity contribution in [3.63, 3.8) is 0 Å². The molecule has 1 saturated carbocycles. The molecule has 0 aliphatic heterocycles. The van der Waals surface area contributed by atoms with Crippen LogP contribution < -0.4 is 4.90 Å². The Balaban J connectivity index is 1.53. The number of aryl methyl sites for hydroxylation is 1. The zero-order valence-electron chi connectivity index (χ0n) is 19.5. The summed E-state index contributed by atoms with van der Waals surface area (Å²) in [5.74, 6) is 1.26. The monoisotopic (exact) mass is 728 g/mol. The predicted molar refractivity (Wildman–Crippen MR) is 158 cm³/mol. The third kappa shape index (κ3) is 4.51. The number of alkyl halides is 1. The van der Waals surface area contributed by atoms with Crippen LogP contribution in [0.25, 0.3) is 16.8 Å². The molecule has 2 heterocycles. The van der Waals surface area contributed by atoms with E-state index < -0.39 is 0 Å². The van der Waals surface area contributed by atoms with E-state index >= 15 is 0 Å². The van der Waals surface area contributed by atoms with Crippen LogP contribution in [-0.2, 0) is 17.3 Å². The number of benzene rings is 1. The van der Waals surface area contributed by atoms with E-state index in [-0.39, 0.29) is 15.5 Å². The van der Waals surface area contributed by atoms with Gasteiger partial charge in [0.05, 0.1) is 11.3 Å². The number of carbonyl (C=O) groups is 1. The molecule has 186 valence electrons. The second-order valence-corrected chi connectivity index (χ2v) is 11.9. The number of anilines is 1. The lowest BCUT2D eigenvalue weighted by atomic mass is 9.99. The molecular formula is C27H24ClFI2N4O. The van der Waals surface area contributed by atoms with Crippen molar-refractivity contribution in [2.24, 2.45) is 5.92 Å². The summed E-state index contributed by atoms with van der Waals surface area (Å²) in [6.07, 6.45) is 11.3. The molecule has 0 radical (unpaired) electrons. The molecule has 1 unspecified atom stereocenters. The molecule has 6 rings (SSSR count). The Morgan fingerprint density at radius 1 is 1.28 bits per heavy atom. The summed E-state index contributed by atoms with van der Waals surface area (Å²) < 4.78 is 16.3. The molecule has 1 aromatic carbocycles. The molecule has 1 atom stereocenters. The number of rotatable bonds is 7. The Morgan fingerprint density at radius 3 is 2.78 bits per heavy atom. The van der Waals surface area contributed by atoms with Crippen LogP contribution in [0.3, 0.4) is 0 Å². The lowest BCUT2D eigenvalue weighted by Gasteiger charge is -2.30. The van der Waals surface area contributed by atoms with Gasteiger partial charge in [-0.1, -0.05) is 46.3 Å².